The van der Waals surface area contributed by atoms with Crippen LogP contribution in [0.5, 0.6) is 5.75 Å². The van der Waals surface area contributed by atoms with Crippen molar-refractivity contribution in [1.82, 2.24) is 5.32 Å². The molecule has 1 heterocycles. The number of hydrogen-bond donors (Lipinski definition) is 0. The van der Waals surface area contributed by atoms with E-state index in [1.165, 1.54) is 0 Å². The topological polar surface area (TPSA) is 23.3 Å². The van der Waals surface area contributed by atoms with E-state index in [1.54, 1.807) is 0 Å². The first-order chi connectivity index (χ1) is 6.68. The highest BCUT2D eigenvalue weighted by atomic mass is 19.2. The highest BCUT2D eigenvalue weighted by molar-refractivity contribution is 5.26. The van der Waals surface area contributed by atoms with Crippen LogP contribution in [0.4, 0.5) is 13.2 Å². The lowest BCUT2D eigenvalue weighted by Gasteiger charge is -2.26. The van der Waals surface area contributed by atoms with Crippen LogP contribution in [-0.2, 0) is 0 Å². The summed E-state index contributed by atoms with van der Waals surface area (Å²) in [5.41, 5.74) is 0. The van der Waals surface area contributed by atoms with Gasteiger partial charge in [-0.1, -0.05) is 0 Å². The third-order valence-electron chi connectivity index (χ3n) is 1.96. The molecule has 1 aromatic rings. The Morgan fingerprint density at radius 3 is 2.43 bits per heavy atom. The van der Waals surface area contributed by atoms with Crippen LogP contribution in [0.25, 0.3) is 0 Å². The molecule has 0 saturated carbocycles. The molecule has 0 spiro atoms. The van der Waals surface area contributed by atoms with E-state index >= 15 is 0 Å². The minimum atomic E-state index is -1.50. The van der Waals surface area contributed by atoms with E-state index in [2.05, 4.69) is 5.32 Å². The predicted octanol–water partition coefficient (Wildman–Crippen LogP) is 1.47. The largest absolute Gasteiger partial charge is 0.484 e. The van der Waals surface area contributed by atoms with Crippen LogP contribution in [-0.4, -0.2) is 19.2 Å². The van der Waals surface area contributed by atoms with Crippen LogP contribution in [0.1, 0.15) is 0 Å². The first kappa shape index (κ1) is 9.33. The van der Waals surface area contributed by atoms with Crippen LogP contribution in [0.3, 0.4) is 0 Å². The fraction of sp³-hybridized carbons (Fsp3) is 0.333. The number of ether oxygens (including phenoxy) is 1. The average Bonchev–Trinajstić information content (AvgIpc) is 2.10. The molecule has 2 rings (SSSR count). The van der Waals surface area contributed by atoms with E-state index < -0.39 is 17.5 Å². The van der Waals surface area contributed by atoms with Gasteiger partial charge in [0, 0.05) is 0 Å². The van der Waals surface area contributed by atoms with Gasteiger partial charge in [-0.3, -0.25) is 0 Å². The number of hydrogen-bond acceptors (Lipinski definition) is 1. The Kier molecular flexibility index (Phi) is 2.33. The molecule has 1 aliphatic rings. The van der Waals surface area contributed by atoms with Gasteiger partial charge in [0.15, 0.2) is 17.4 Å². The number of halogens is 3. The van der Waals surface area contributed by atoms with Crippen molar-refractivity contribution >= 4 is 0 Å². The molecule has 0 N–H and O–H groups in total. The second-order valence-corrected chi connectivity index (χ2v) is 3.00. The van der Waals surface area contributed by atoms with Crippen molar-refractivity contribution in [3.63, 3.8) is 0 Å². The van der Waals surface area contributed by atoms with Crippen molar-refractivity contribution < 1.29 is 17.9 Å². The monoisotopic (exact) mass is 202 g/mol. The molecule has 75 valence electrons. The summed E-state index contributed by atoms with van der Waals surface area (Å²) < 4.78 is 43.3. The average molecular weight is 202 g/mol. The molecule has 0 atom stereocenters. The number of nitrogens with zero attached hydrogens (tertiary/aromatic N) is 1. The standard InChI is InChI=1S/C9H7F3NO/c10-6-1-2-7(9(12)8(6)11)14-5-3-13-4-5/h1-2,5H,3-4H2. The van der Waals surface area contributed by atoms with Crippen molar-refractivity contribution in [2.24, 2.45) is 0 Å². The maximum atomic E-state index is 13.0. The third-order valence-corrected chi connectivity index (χ3v) is 1.96. The van der Waals surface area contributed by atoms with Gasteiger partial charge in [-0.2, -0.15) is 4.39 Å². The lowest BCUT2D eigenvalue weighted by Crippen LogP contribution is -2.45. The molecule has 0 aliphatic carbocycles. The molecule has 1 aromatic carbocycles. The predicted molar refractivity (Wildman–Crippen MR) is 42.6 cm³/mol. The van der Waals surface area contributed by atoms with Crippen LogP contribution in [0.15, 0.2) is 12.1 Å². The lowest BCUT2D eigenvalue weighted by atomic mass is 10.2. The van der Waals surface area contributed by atoms with Crippen molar-refractivity contribution in [3.05, 3.63) is 29.6 Å². The number of benzene rings is 1. The molecule has 5 heteroatoms. The second-order valence-electron chi connectivity index (χ2n) is 3.00. The smallest absolute Gasteiger partial charge is 0.203 e. The zero-order valence-corrected chi connectivity index (χ0v) is 7.14. The van der Waals surface area contributed by atoms with Gasteiger partial charge < -0.3 is 4.74 Å². The number of rotatable bonds is 2. The molecule has 2 nitrogen and oxygen atoms in total. The van der Waals surface area contributed by atoms with E-state index in [-0.39, 0.29) is 11.9 Å². The summed E-state index contributed by atoms with van der Waals surface area (Å²) in [6.07, 6.45) is -0.214. The van der Waals surface area contributed by atoms with Crippen molar-refractivity contribution in [2.45, 2.75) is 6.10 Å². The Bertz CT molecular complexity index is 352. The Balaban J connectivity index is 2.20. The summed E-state index contributed by atoms with van der Waals surface area (Å²) in [7, 11) is 0. The third kappa shape index (κ3) is 1.55. The van der Waals surface area contributed by atoms with Gasteiger partial charge in [0.05, 0.1) is 13.1 Å². The van der Waals surface area contributed by atoms with E-state index in [9.17, 15) is 13.2 Å². The molecule has 0 amide bonds. The molecule has 1 radical (unpaired) electrons. The molecule has 14 heavy (non-hydrogen) atoms. The van der Waals surface area contributed by atoms with Crippen LogP contribution < -0.4 is 10.1 Å². The first-order valence-corrected chi connectivity index (χ1v) is 4.12. The summed E-state index contributed by atoms with van der Waals surface area (Å²) in [4.78, 5) is 0. The normalized spacial score (nSPS) is 16.5. The SMILES string of the molecule is Fc1ccc(OC2C[N]C2)c(F)c1F. The zero-order valence-electron chi connectivity index (χ0n) is 7.14. The fourth-order valence-corrected chi connectivity index (χ4v) is 1.09. The van der Waals surface area contributed by atoms with Gasteiger partial charge in [0.25, 0.3) is 0 Å². The minimum Gasteiger partial charge on any atom is -0.484 e. The van der Waals surface area contributed by atoms with Gasteiger partial charge in [-0.25, -0.2) is 14.1 Å². The molecular weight excluding hydrogens is 195 g/mol. The van der Waals surface area contributed by atoms with Crippen molar-refractivity contribution in [1.29, 1.82) is 0 Å². The minimum absolute atomic E-state index is 0.214. The lowest BCUT2D eigenvalue weighted by molar-refractivity contribution is 0.131. The Labute approximate surface area is 78.7 Å². The molecule has 1 saturated heterocycles. The quantitative estimate of drug-likeness (QED) is 0.666. The Hall–Kier alpha value is -1.23. The summed E-state index contributed by atoms with van der Waals surface area (Å²) in [6.45, 7) is 0.941. The van der Waals surface area contributed by atoms with E-state index in [4.69, 9.17) is 4.74 Å². The fourth-order valence-electron chi connectivity index (χ4n) is 1.09. The second kappa shape index (κ2) is 3.49. The van der Waals surface area contributed by atoms with E-state index in [0.717, 1.165) is 12.1 Å². The molecule has 0 bridgehead atoms. The zero-order chi connectivity index (χ0) is 10.1. The van der Waals surface area contributed by atoms with E-state index in [1.807, 2.05) is 0 Å². The van der Waals surface area contributed by atoms with E-state index in [0.29, 0.717) is 13.1 Å². The maximum Gasteiger partial charge on any atom is 0.203 e. The summed E-state index contributed by atoms with van der Waals surface area (Å²) >= 11 is 0. The molecule has 0 unspecified atom stereocenters. The Morgan fingerprint density at radius 2 is 1.86 bits per heavy atom. The van der Waals surface area contributed by atoms with Crippen molar-refractivity contribution in [3.8, 4) is 5.75 Å². The highest BCUT2D eigenvalue weighted by Gasteiger charge is 2.23. The molecule has 1 aliphatic heterocycles. The Morgan fingerprint density at radius 1 is 1.14 bits per heavy atom. The molecule has 1 fully saturated rings. The van der Waals surface area contributed by atoms with Gasteiger partial charge in [0.2, 0.25) is 5.82 Å². The van der Waals surface area contributed by atoms with Crippen LogP contribution in [0, 0.1) is 17.5 Å². The van der Waals surface area contributed by atoms with Gasteiger partial charge in [-0.15, -0.1) is 0 Å². The first-order valence-electron chi connectivity index (χ1n) is 4.12. The van der Waals surface area contributed by atoms with Gasteiger partial charge in [-0.05, 0) is 12.1 Å². The van der Waals surface area contributed by atoms with Crippen LogP contribution >= 0.6 is 0 Å². The molecular formula is C9H7F3NO. The summed E-state index contributed by atoms with van der Waals surface area (Å²) in [5, 5.41) is 3.85. The van der Waals surface area contributed by atoms with Crippen molar-refractivity contribution in [2.75, 3.05) is 13.1 Å². The summed E-state index contributed by atoms with van der Waals surface area (Å²) in [6, 6.07) is 1.91. The molecule has 0 aromatic heterocycles. The maximum absolute atomic E-state index is 13.0. The highest BCUT2D eigenvalue weighted by Crippen LogP contribution is 2.23. The summed E-state index contributed by atoms with van der Waals surface area (Å²) in [5.74, 6) is -4.26. The van der Waals surface area contributed by atoms with Crippen LogP contribution in [0.2, 0.25) is 0 Å². The van der Waals surface area contributed by atoms with Gasteiger partial charge >= 0.3 is 0 Å². The van der Waals surface area contributed by atoms with Gasteiger partial charge in [0.1, 0.15) is 6.10 Å².